The van der Waals surface area contributed by atoms with Gasteiger partial charge in [-0.15, -0.1) is 0 Å². The van der Waals surface area contributed by atoms with E-state index < -0.39 is 5.41 Å². The van der Waals surface area contributed by atoms with E-state index in [-0.39, 0.29) is 33.6 Å². The first-order valence-electron chi connectivity index (χ1n) is 17.7. The predicted octanol–water partition coefficient (Wildman–Crippen LogP) is 9.57. The fourth-order valence-corrected chi connectivity index (χ4v) is 12.9. The number of hydrogen-bond acceptors (Lipinski definition) is 4. The Bertz CT molecular complexity index is 1290. The van der Waals surface area contributed by atoms with Gasteiger partial charge in [0, 0.05) is 12.3 Å². The van der Waals surface area contributed by atoms with Crippen LogP contribution in [0.1, 0.15) is 118 Å². The monoisotopic (exact) mass is 602 g/mol. The molecule has 5 saturated carbocycles. The van der Waals surface area contributed by atoms with Crippen molar-refractivity contribution in [2.24, 2.45) is 62.6 Å². The summed E-state index contributed by atoms with van der Waals surface area (Å²) in [6, 6.07) is 10.1. The van der Waals surface area contributed by atoms with Gasteiger partial charge in [0.15, 0.2) is 0 Å². The lowest BCUT2D eigenvalue weighted by atomic mass is 9.32. The van der Waals surface area contributed by atoms with Crippen molar-refractivity contribution in [3.63, 3.8) is 0 Å². The first-order chi connectivity index (χ1) is 20.7. The van der Waals surface area contributed by atoms with Crippen molar-refractivity contribution in [1.82, 2.24) is 0 Å². The highest BCUT2D eigenvalue weighted by Crippen LogP contribution is 2.78. The quantitative estimate of drug-likeness (QED) is 0.240. The number of esters is 2. The third kappa shape index (κ3) is 4.49. The number of carbonyl (C=O) groups excluding carboxylic acids is 2. The lowest BCUT2D eigenvalue weighted by Gasteiger charge is -2.73. The summed E-state index contributed by atoms with van der Waals surface area (Å²) >= 11 is 0. The van der Waals surface area contributed by atoms with Crippen LogP contribution in [0.4, 0.5) is 0 Å². The van der Waals surface area contributed by atoms with Gasteiger partial charge < -0.3 is 9.47 Å². The Morgan fingerprint density at radius 3 is 2.23 bits per heavy atom. The van der Waals surface area contributed by atoms with Crippen molar-refractivity contribution < 1.29 is 19.1 Å². The topological polar surface area (TPSA) is 52.6 Å². The maximum absolute atomic E-state index is 14.2. The zero-order chi connectivity index (χ0) is 31.7. The summed E-state index contributed by atoms with van der Waals surface area (Å²) in [6.45, 7) is 21.9. The second-order valence-electron chi connectivity index (χ2n) is 17.1. The molecule has 4 nitrogen and oxygen atoms in total. The van der Waals surface area contributed by atoms with Crippen LogP contribution >= 0.6 is 0 Å². The zero-order valence-electron chi connectivity index (χ0n) is 28.7. The second-order valence-corrected chi connectivity index (χ2v) is 17.1. The molecule has 5 aliphatic carbocycles. The summed E-state index contributed by atoms with van der Waals surface area (Å²) in [5.74, 6) is 2.83. The number of allylic oxidation sites excluding steroid dienone is 1. The van der Waals surface area contributed by atoms with Crippen molar-refractivity contribution in [3.05, 3.63) is 48.0 Å². The van der Waals surface area contributed by atoms with E-state index in [1.165, 1.54) is 44.1 Å². The lowest BCUT2D eigenvalue weighted by Crippen LogP contribution is -2.67. The van der Waals surface area contributed by atoms with Gasteiger partial charge in [-0.3, -0.25) is 9.59 Å². The third-order valence-corrected chi connectivity index (χ3v) is 15.6. The van der Waals surface area contributed by atoms with Gasteiger partial charge in [0.25, 0.3) is 0 Å². The van der Waals surface area contributed by atoms with Gasteiger partial charge in [0.05, 0.1) is 12.0 Å². The van der Waals surface area contributed by atoms with Crippen LogP contribution in [0.25, 0.3) is 0 Å². The van der Waals surface area contributed by atoms with E-state index in [1.54, 1.807) is 6.92 Å². The van der Waals surface area contributed by atoms with Crippen LogP contribution in [0.2, 0.25) is 0 Å². The zero-order valence-corrected chi connectivity index (χ0v) is 28.7. The van der Waals surface area contributed by atoms with E-state index in [9.17, 15) is 9.59 Å². The highest BCUT2D eigenvalue weighted by molar-refractivity contribution is 5.78. The second kappa shape index (κ2) is 11.0. The Kier molecular flexibility index (Phi) is 7.97. The highest BCUT2D eigenvalue weighted by Gasteiger charge is 2.72. The van der Waals surface area contributed by atoms with Crippen LogP contribution in [0.5, 0.6) is 0 Å². The van der Waals surface area contributed by atoms with E-state index in [2.05, 4.69) is 48.1 Å². The van der Waals surface area contributed by atoms with Gasteiger partial charge >= 0.3 is 11.9 Å². The summed E-state index contributed by atoms with van der Waals surface area (Å²) in [4.78, 5) is 26.2. The molecular weight excluding hydrogens is 544 g/mol. The summed E-state index contributed by atoms with van der Waals surface area (Å²) in [5.41, 5.74) is 2.55. The molecule has 242 valence electrons. The molecule has 6 rings (SSSR count). The van der Waals surface area contributed by atoms with Crippen LogP contribution in [0.3, 0.4) is 0 Å². The van der Waals surface area contributed by atoms with Crippen molar-refractivity contribution in [1.29, 1.82) is 0 Å². The summed E-state index contributed by atoms with van der Waals surface area (Å²) < 4.78 is 12.0. The minimum atomic E-state index is -0.393. The molecular formula is C40H58O4. The normalized spacial score (nSPS) is 46.1. The summed E-state index contributed by atoms with van der Waals surface area (Å²) in [7, 11) is 0. The van der Waals surface area contributed by atoms with Gasteiger partial charge in [-0.25, -0.2) is 0 Å². The maximum Gasteiger partial charge on any atom is 0.312 e. The van der Waals surface area contributed by atoms with Gasteiger partial charge in [-0.1, -0.05) is 77.1 Å². The Morgan fingerprint density at radius 2 is 1.55 bits per heavy atom. The Labute approximate surface area is 267 Å². The van der Waals surface area contributed by atoms with Crippen LogP contribution in [-0.4, -0.2) is 18.5 Å². The number of rotatable bonds is 6. The van der Waals surface area contributed by atoms with Crippen molar-refractivity contribution in [2.45, 2.75) is 119 Å². The lowest BCUT2D eigenvalue weighted by molar-refractivity contribution is -0.249. The number of carbonyl (C=O) groups is 2. The van der Waals surface area contributed by atoms with Gasteiger partial charge in [-0.05, 0) is 128 Å². The summed E-state index contributed by atoms with van der Waals surface area (Å²) in [6.07, 6.45) is 11.3. The van der Waals surface area contributed by atoms with E-state index in [4.69, 9.17) is 9.47 Å². The van der Waals surface area contributed by atoms with Crippen LogP contribution < -0.4 is 0 Å². The van der Waals surface area contributed by atoms with Gasteiger partial charge in [0.1, 0.15) is 6.61 Å². The molecule has 1 aromatic carbocycles. The average molecular weight is 603 g/mol. The maximum atomic E-state index is 14.2. The fraction of sp³-hybridized carbons (Fsp3) is 0.750. The Morgan fingerprint density at radius 1 is 0.818 bits per heavy atom. The third-order valence-electron chi connectivity index (χ3n) is 15.6. The molecule has 0 aromatic heterocycles. The largest absolute Gasteiger partial charge is 0.465 e. The molecule has 5 fully saturated rings. The number of hydrogen-bond donors (Lipinski definition) is 0. The molecule has 0 heterocycles. The molecule has 0 bridgehead atoms. The van der Waals surface area contributed by atoms with Crippen molar-refractivity contribution in [2.75, 3.05) is 6.61 Å². The molecule has 0 N–H and O–H groups in total. The molecule has 5 unspecified atom stereocenters. The SMILES string of the molecule is C=C(C)C1CC[C@]2(C(=O)OCc3ccccc3)CC[C@]3(C)C(CCC4[C@@]5(C)CC[C@H](C)[C@@](C)(COC(C)=O)C5CC[C@]43C)C12. The van der Waals surface area contributed by atoms with Gasteiger partial charge in [0.2, 0.25) is 0 Å². The number of fused-ring (bicyclic) bond motifs is 7. The highest BCUT2D eigenvalue weighted by atomic mass is 16.5. The van der Waals surface area contributed by atoms with E-state index in [1.807, 2.05) is 30.3 Å². The van der Waals surface area contributed by atoms with Gasteiger partial charge in [-0.2, -0.15) is 0 Å². The van der Waals surface area contributed by atoms with Crippen molar-refractivity contribution >= 4 is 11.9 Å². The Hall–Kier alpha value is -2.10. The smallest absolute Gasteiger partial charge is 0.312 e. The van der Waals surface area contributed by atoms with Crippen LogP contribution in [0, 0.1) is 62.6 Å². The summed E-state index contributed by atoms with van der Waals surface area (Å²) in [5, 5.41) is 0. The van der Waals surface area contributed by atoms with E-state index in [0.29, 0.717) is 48.7 Å². The first kappa shape index (κ1) is 31.9. The van der Waals surface area contributed by atoms with E-state index >= 15 is 0 Å². The molecule has 0 saturated heterocycles. The number of benzene rings is 1. The molecule has 5 aliphatic rings. The van der Waals surface area contributed by atoms with E-state index in [0.717, 1.165) is 31.2 Å². The molecule has 4 heteroatoms. The van der Waals surface area contributed by atoms with Crippen LogP contribution in [0.15, 0.2) is 42.5 Å². The number of ether oxygens (including phenoxy) is 2. The minimum absolute atomic E-state index is 0.0124. The molecule has 1 aromatic rings. The molecule has 0 spiro atoms. The predicted molar refractivity (Wildman–Crippen MR) is 175 cm³/mol. The fourth-order valence-electron chi connectivity index (χ4n) is 12.9. The van der Waals surface area contributed by atoms with Crippen LogP contribution in [-0.2, 0) is 25.7 Å². The molecule has 0 amide bonds. The molecule has 44 heavy (non-hydrogen) atoms. The standard InChI is InChI=1S/C40H58O4/c1-26(2)30-17-21-40(35(42)43-24-29-12-10-9-11-13-29)23-22-38(7)31(34(30)40)14-15-33-36(5)19-16-27(3)37(6,25-44-28(4)41)32(36)18-20-39(33,38)8/h9-13,27,30-34H,1,14-25H2,2-8H3/t27-,30?,31?,32?,33?,34?,36-,37+,38+,39+,40-/m0/s1. The Balaban J connectivity index is 1.32. The molecule has 11 atom stereocenters. The average Bonchev–Trinajstić information content (AvgIpc) is 3.39. The molecule has 0 aliphatic heterocycles. The first-order valence-corrected chi connectivity index (χ1v) is 17.7. The molecule has 0 radical (unpaired) electrons. The van der Waals surface area contributed by atoms with Crippen molar-refractivity contribution in [3.8, 4) is 0 Å². The minimum Gasteiger partial charge on any atom is -0.465 e.